The zero-order valence-electron chi connectivity index (χ0n) is 20.9. The summed E-state index contributed by atoms with van der Waals surface area (Å²) in [5, 5.41) is 2.18. The van der Waals surface area contributed by atoms with E-state index in [9.17, 15) is 22.4 Å². The highest BCUT2D eigenvalue weighted by Crippen LogP contribution is 2.45. The molecule has 3 aliphatic rings. The molecule has 0 aromatic heterocycles. The molecule has 1 heterocycles. The fourth-order valence-corrected chi connectivity index (χ4v) is 5.47. The minimum Gasteiger partial charge on any atom is -0.493 e. The first kappa shape index (κ1) is 27.4. The number of hydroxylamine groups is 2. The molecule has 0 radical (unpaired) electrons. The molecule has 2 saturated carbocycles. The van der Waals surface area contributed by atoms with Crippen LogP contribution in [-0.4, -0.2) is 43.0 Å². The molecule has 6 nitrogen and oxygen atoms in total. The molecule has 2 aromatic rings. The first-order chi connectivity index (χ1) is 18.3. The Bertz CT molecular complexity index is 1150. The number of nitrogens with one attached hydrogen (secondary N) is 1. The normalized spacial score (nSPS) is 18.4. The van der Waals surface area contributed by atoms with Gasteiger partial charge in [0.25, 0.3) is 5.91 Å². The third-order valence-corrected chi connectivity index (χ3v) is 8.65. The lowest BCUT2D eigenvalue weighted by molar-refractivity contribution is -0.0669. The maximum atomic E-state index is 14.8. The van der Waals surface area contributed by atoms with Crippen LogP contribution in [0.15, 0.2) is 24.3 Å². The topological polar surface area (TPSA) is 54.0 Å². The number of ether oxygens (including phenoxy) is 1. The van der Waals surface area contributed by atoms with Gasteiger partial charge in [0.15, 0.2) is 17.5 Å². The standard InChI is InChI=1S/C26H29F4N3O3S2/c1-32(17-10-22(28)25(30)23(29)11-17)38-36-33-8-6-15(7-9-33)14-35-24-13-21(27)20(12-19(24)16-2-3-16)26(34)31-37-18-4-5-18/h10-13,15-16,18H,2-9,14H2,1H3,(H,31,34). The van der Waals surface area contributed by atoms with Crippen molar-refractivity contribution in [2.24, 2.45) is 5.92 Å². The van der Waals surface area contributed by atoms with Crippen LogP contribution in [0.3, 0.4) is 0 Å². The fourth-order valence-electron chi connectivity index (χ4n) is 4.18. The summed E-state index contributed by atoms with van der Waals surface area (Å²) in [6.45, 7) is 1.66. The highest BCUT2D eigenvalue weighted by atomic mass is 32.2. The lowest BCUT2D eigenvalue weighted by Gasteiger charge is -2.31. The molecule has 2 aromatic carbocycles. The van der Waals surface area contributed by atoms with Gasteiger partial charge in [-0.25, -0.2) is 21.8 Å². The molecular formula is C26H29F4N3O3S2. The SMILES string of the molecule is CN(SON1CCC(COc2cc(F)c(C(=O)NSC3CC3)cc2C2CC2)CC1)c1cc(F)c(F)c(F)c1. The Morgan fingerprint density at radius 3 is 2.32 bits per heavy atom. The average Bonchev–Trinajstić information content (AvgIpc) is 3.82. The molecule has 2 aliphatic carbocycles. The van der Waals surface area contributed by atoms with Crippen molar-refractivity contribution in [2.45, 2.75) is 49.7 Å². The van der Waals surface area contributed by atoms with Gasteiger partial charge in [0.05, 0.1) is 17.9 Å². The van der Waals surface area contributed by atoms with E-state index in [4.69, 9.17) is 9.02 Å². The van der Waals surface area contributed by atoms with Crippen LogP contribution in [0.25, 0.3) is 0 Å². The highest BCUT2D eigenvalue weighted by Gasteiger charge is 2.31. The van der Waals surface area contributed by atoms with Crippen LogP contribution < -0.4 is 13.8 Å². The van der Waals surface area contributed by atoms with Crippen molar-refractivity contribution >= 4 is 35.8 Å². The zero-order valence-corrected chi connectivity index (χ0v) is 22.5. The summed E-state index contributed by atoms with van der Waals surface area (Å²) in [4.78, 5) is 12.5. The van der Waals surface area contributed by atoms with Crippen molar-refractivity contribution < 1.29 is 31.4 Å². The van der Waals surface area contributed by atoms with Crippen LogP contribution in [0, 0.1) is 29.2 Å². The van der Waals surface area contributed by atoms with Crippen LogP contribution in [-0.2, 0) is 4.28 Å². The number of nitrogens with zero attached hydrogens (tertiary/aromatic N) is 2. The molecule has 0 bridgehead atoms. The summed E-state index contributed by atoms with van der Waals surface area (Å²) >= 11 is 2.26. The van der Waals surface area contributed by atoms with Crippen molar-refractivity contribution in [3.8, 4) is 5.75 Å². The van der Waals surface area contributed by atoms with Crippen LogP contribution in [0.2, 0.25) is 0 Å². The van der Waals surface area contributed by atoms with Gasteiger partial charge in [0, 0.05) is 43.6 Å². The average molecular weight is 572 g/mol. The molecule has 38 heavy (non-hydrogen) atoms. The number of benzene rings is 2. The van der Waals surface area contributed by atoms with Crippen molar-refractivity contribution in [3.63, 3.8) is 0 Å². The molecule has 1 aliphatic heterocycles. The van der Waals surface area contributed by atoms with E-state index in [0.717, 1.165) is 68.4 Å². The summed E-state index contributed by atoms with van der Waals surface area (Å²) in [6.07, 6.45) is 5.71. The molecule has 0 atom stereocenters. The Kier molecular flexibility index (Phi) is 8.61. The summed E-state index contributed by atoms with van der Waals surface area (Å²) in [7, 11) is 1.56. The third kappa shape index (κ3) is 6.88. The summed E-state index contributed by atoms with van der Waals surface area (Å²) in [6, 6.07) is 4.80. The van der Waals surface area contributed by atoms with E-state index in [-0.39, 0.29) is 17.2 Å². The van der Waals surface area contributed by atoms with Gasteiger partial charge in [-0.2, -0.15) is 5.06 Å². The van der Waals surface area contributed by atoms with Gasteiger partial charge in [-0.15, -0.1) is 0 Å². The largest absolute Gasteiger partial charge is 0.493 e. The van der Waals surface area contributed by atoms with Crippen molar-refractivity contribution in [3.05, 3.63) is 58.7 Å². The van der Waals surface area contributed by atoms with Gasteiger partial charge >= 0.3 is 0 Å². The molecular weight excluding hydrogens is 542 g/mol. The first-order valence-corrected chi connectivity index (χ1v) is 14.3. The second-order valence-corrected chi connectivity index (χ2v) is 11.9. The molecule has 0 unspecified atom stereocenters. The Hall–Kier alpha value is -2.15. The maximum absolute atomic E-state index is 14.8. The number of hydrogen-bond donors (Lipinski definition) is 1. The zero-order chi connectivity index (χ0) is 26.8. The quantitative estimate of drug-likeness (QED) is 0.145. The van der Waals surface area contributed by atoms with E-state index in [2.05, 4.69) is 4.72 Å². The predicted molar refractivity (Wildman–Crippen MR) is 140 cm³/mol. The number of halogens is 4. The Morgan fingerprint density at radius 2 is 1.68 bits per heavy atom. The Morgan fingerprint density at radius 1 is 1.00 bits per heavy atom. The van der Waals surface area contributed by atoms with Crippen molar-refractivity contribution in [1.29, 1.82) is 0 Å². The van der Waals surface area contributed by atoms with Crippen LogP contribution >= 0.6 is 24.2 Å². The summed E-state index contributed by atoms with van der Waals surface area (Å²) < 4.78 is 70.9. The number of hydrogen-bond acceptors (Lipinski definition) is 7. The van der Waals surface area contributed by atoms with E-state index in [1.807, 2.05) is 0 Å². The van der Waals surface area contributed by atoms with E-state index in [1.165, 1.54) is 22.3 Å². The number of piperidine rings is 1. The molecule has 1 amide bonds. The van der Waals surface area contributed by atoms with E-state index >= 15 is 0 Å². The van der Waals surface area contributed by atoms with Gasteiger partial charge in [0.1, 0.15) is 23.8 Å². The van der Waals surface area contributed by atoms with Gasteiger partial charge < -0.3 is 4.74 Å². The van der Waals surface area contributed by atoms with Crippen LogP contribution in [0.1, 0.15) is 60.4 Å². The van der Waals surface area contributed by atoms with Crippen molar-refractivity contribution in [2.75, 3.05) is 31.0 Å². The number of rotatable bonds is 11. The molecule has 3 fully saturated rings. The predicted octanol–water partition coefficient (Wildman–Crippen LogP) is 6.38. The van der Waals surface area contributed by atoms with E-state index < -0.39 is 29.2 Å². The lowest BCUT2D eigenvalue weighted by atomic mass is 9.99. The maximum Gasteiger partial charge on any atom is 0.264 e. The monoisotopic (exact) mass is 571 g/mol. The molecule has 1 saturated heterocycles. The molecule has 5 rings (SSSR count). The third-order valence-electron chi connectivity index (χ3n) is 6.83. The minimum absolute atomic E-state index is 0.0615. The van der Waals surface area contributed by atoms with Gasteiger partial charge in [-0.3, -0.25) is 13.8 Å². The minimum atomic E-state index is -1.51. The van der Waals surface area contributed by atoms with Crippen LogP contribution in [0.4, 0.5) is 23.2 Å². The van der Waals surface area contributed by atoms with Crippen LogP contribution in [0.5, 0.6) is 5.75 Å². The van der Waals surface area contributed by atoms with Gasteiger partial charge in [-0.05, 0) is 73.9 Å². The number of carbonyl (C=O) groups is 1. The lowest BCUT2D eigenvalue weighted by Crippen LogP contribution is -2.35. The van der Waals surface area contributed by atoms with Gasteiger partial charge in [-0.1, -0.05) is 0 Å². The van der Waals surface area contributed by atoms with Gasteiger partial charge in [0.2, 0.25) is 0 Å². The Labute approximate surface area is 227 Å². The number of amides is 1. The number of anilines is 1. The molecule has 206 valence electrons. The molecule has 12 heteroatoms. The fraction of sp³-hybridized carbons (Fsp3) is 0.500. The second kappa shape index (κ2) is 11.9. The van der Waals surface area contributed by atoms with E-state index in [0.29, 0.717) is 36.6 Å². The molecule has 0 spiro atoms. The summed E-state index contributed by atoms with van der Waals surface area (Å²) in [5.41, 5.74) is 1.09. The second-order valence-electron chi connectivity index (χ2n) is 9.95. The van der Waals surface area contributed by atoms with E-state index in [1.54, 1.807) is 18.2 Å². The Balaban J connectivity index is 1.10. The summed E-state index contributed by atoms with van der Waals surface area (Å²) in [5.74, 6) is -3.97. The van der Waals surface area contributed by atoms with Crippen molar-refractivity contribution in [1.82, 2.24) is 9.79 Å². The molecule has 1 N–H and O–H groups in total. The first-order valence-electron chi connectivity index (χ1n) is 12.7. The highest BCUT2D eigenvalue weighted by molar-refractivity contribution is 7.98. The number of carbonyl (C=O) groups excluding carboxylic acids is 1. The smallest absolute Gasteiger partial charge is 0.264 e.